The minimum absolute atomic E-state index is 0.0317. The Kier molecular flexibility index (Phi) is 3.43. The molecule has 2 aromatic rings. The molecule has 0 aliphatic rings. The molecule has 0 radical (unpaired) electrons. The molecule has 0 bridgehead atoms. The van der Waals surface area contributed by atoms with Crippen molar-refractivity contribution in [2.45, 2.75) is 12.6 Å². The van der Waals surface area contributed by atoms with Crippen LogP contribution >= 0.6 is 0 Å². The predicted octanol–water partition coefficient (Wildman–Crippen LogP) is 2.05. The summed E-state index contributed by atoms with van der Waals surface area (Å²) in [6.07, 6.45) is -4.13. The Morgan fingerprint density at radius 3 is 2.65 bits per heavy atom. The lowest BCUT2D eigenvalue weighted by molar-refractivity contribution is -0.138. The van der Waals surface area contributed by atoms with E-state index in [2.05, 4.69) is 10.3 Å². The number of carboxylic acids is 1. The molecule has 0 amide bonds. The summed E-state index contributed by atoms with van der Waals surface area (Å²) < 4.78 is 52.1. The van der Waals surface area contributed by atoms with Crippen LogP contribution in [0.2, 0.25) is 0 Å². The third kappa shape index (κ3) is 2.76. The number of carboxylic acid groups (broad SMARTS) is 1. The van der Waals surface area contributed by atoms with Gasteiger partial charge in [0.25, 0.3) is 0 Å². The van der Waals surface area contributed by atoms with Crippen LogP contribution in [0, 0.1) is 5.82 Å². The number of benzene rings is 1. The fourth-order valence-electron chi connectivity index (χ4n) is 1.59. The summed E-state index contributed by atoms with van der Waals surface area (Å²) in [6.45, 7) is 0. The molecule has 0 atom stereocenters. The first-order valence-corrected chi connectivity index (χ1v) is 5.27. The van der Waals surface area contributed by atoms with Gasteiger partial charge in [-0.25, -0.2) is 9.07 Å². The summed E-state index contributed by atoms with van der Waals surface area (Å²) in [4.78, 5) is 10.6. The standard InChI is InChI=1S/C11H7F4N3O2/c12-8-2-1-6(11(13,14)15)3-9(8)18-7(4-10(19)20)5-16-17-18/h1-3,5H,4H2,(H,19,20). The average Bonchev–Trinajstić information content (AvgIpc) is 2.75. The monoisotopic (exact) mass is 289 g/mol. The van der Waals surface area contributed by atoms with E-state index in [1.165, 1.54) is 0 Å². The number of hydrogen-bond acceptors (Lipinski definition) is 3. The predicted molar refractivity (Wildman–Crippen MR) is 57.7 cm³/mol. The number of aliphatic carboxylic acids is 1. The summed E-state index contributed by atoms with van der Waals surface area (Å²) in [5.74, 6) is -2.20. The average molecular weight is 289 g/mol. The number of rotatable bonds is 3. The van der Waals surface area contributed by atoms with Gasteiger partial charge in [0.1, 0.15) is 11.5 Å². The minimum atomic E-state index is -4.64. The first kappa shape index (κ1) is 14.0. The molecule has 0 saturated heterocycles. The van der Waals surface area contributed by atoms with E-state index in [9.17, 15) is 22.4 Å². The van der Waals surface area contributed by atoms with E-state index in [-0.39, 0.29) is 5.69 Å². The minimum Gasteiger partial charge on any atom is -0.481 e. The zero-order valence-corrected chi connectivity index (χ0v) is 9.73. The first-order chi connectivity index (χ1) is 9.29. The maximum absolute atomic E-state index is 13.6. The van der Waals surface area contributed by atoms with Gasteiger partial charge in [-0.1, -0.05) is 5.21 Å². The molecule has 0 spiro atoms. The molecule has 9 heteroatoms. The van der Waals surface area contributed by atoms with Crippen molar-refractivity contribution in [3.63, 3.8) is 0 Å². The van der Waals surface area contributed by atoms with E-state index in [1.54, 1.807) is 0 Å². The molecule has 0 fully saturated rings. The second-order valence-electron chi connectivity index (χ2n) is 3.87. The van der Waals surface area contributed by atoms with Crippen LogP contribution in [0.25, 0.3) is 5.69 Å². The highest BCUT2D eigenvalue weighted by molar-refractivity contribution is 5.69. The van der Waals surface area contributed by atoms with Crippen LogP contribution in [0.5, 0.6) is 0 Å². The second-order valence-corrected chi connectivity index (χ2v) is 3.87. The third-order valence-corrected chi connectivity index (χ3v) is 2.45. The molecular weight excluding hydrogens is 282 g/mol. The fraction of sp³-hybridized carbons (Fsp3) is 0.182. The van der Waals surface area contributed by atoms with Gasteiger partial charge < -0.3 is 5.11 Å². The van der Waals surface area contributed by atoms with Crippen molar-refractivity contribution in [3.8, 4) is 5.69 Å². The van der Waals surface area contributed by atoms with Crippen LogP contribution in [0.3, 0.4) is 0 Å². The second kappa shape index (κ2) is 4.91. The van der Waals surface area contributed by atoms with Crippen LogP contribution in [-0.4, -0.2) is 26.1 Å². The van der Waals surface area contributed by atoms with Crippen molar-refractivity contribution >= 4 is 5.97 Å². The molecule has 0 unspecified atom stereocenters. The highest BCUT2D eigenvalue weighted by Gasteiger charge is 2.31. The number of alkyl halides is 3. The van der Waals surface area contributed by atoms with Gasteiger partial charge in [0.15, 0.2) is 0 Å². The Balaban J connectivity index is 2.52. The molecule has 20 heavy (non-hydrogen) atoms. The van der Waals surface area contributed by atoms with Crippen LogP contribution in [-0.2, 0) is 17.4 Å². The molecule has 0 saturated carbocycles. The molecule has 0 aliphatic carbocycles. The number of halogens is 4. The van der Waals surface area contributed by atoms with Crippen LogP contribution in [0.15, 0.2) is 24.4 Å². The van der Waals surface area contributed by atoms with Gasteiger partial charge in [0.05, 0.1) is 23.9 Å². The van der Waals surface area contributed by atoms with Crippen LogP contribution < -0.4 is 0 Å². The van der Waals surface area contributed by atoms with Gasteiger partial charge >= 0.3 is 12.1 Å². The molecule has 1 heterocycles. The Morgan fingerprint density at radius 1 is 1.35 bits per heavy atom. The molecule has 2 rings (SSSR count). The van der Waals surface area contributed by atoms with E-state index in [0.717, 1.165) is 10.9 Å². The fourth-order valence-corrected chi connectivity index (χ4v) is 1.59. The molecule has 0 aliphatic heterocycles. The maximum Gasteiger partial charge on any atom is 0.416 e. The molecular formula is C11H7F4N3O2. The molecule has 106 valence electrons. The van der Waals surface area contributed by atoms with Crippen molar-refractivity contribution in [2.75, 3.05) is 0 Å². The Morgan fingerprint density at radius 2 is 2.05 bits per heavy atom. The summed E-state index contributed by atoms with van der Waals surface area (Å²) in [5.41, 5.74) is -1.60. The Bertz CT molecular complexity index is 651. The first-order valence-electron chi connectivity index (χ1n) is 5.27. The molecule has 1 aromatic heterocycles. The SMILES string of the molecule is O=C(O)Cc1cnnn1-c1cc(C(F)(F)F)ccc1F. The largest absolute Gasteiger partial charge is 0.481 e. The van der Waals surface area contributed by atoms with Crippen molar-refractivity contribution in [1.82, 2.24) is 15.0 Å². The maximum atomic E-state index is 13.6. The van der Waals surface area contributed by atoms with Gasteiger partial charge in [-0.3, -0.25) is 4.79 Å². The number of nitrogens with zero attached hydrogens (tertiary/aromatic N) is 3. The van der Waals surface area contributed by atoms with Gasteiger partial charge in [0, 0.05) is 0 Å². The lowest BCUT2D eigenvalue weighted by Crippen LogP contribution is -2.12. The van der Waals surface area contributed by atoms with Crippen LogP contribution in [0.4, 0.5) is 17.6 Å². The zero-order chi connectivity index (χ0) is 14.9. The van der Waals surface area contributed by atoms with E-state index in [0.29, 0.717) is 18.2 Å². The van der Waals surface area contributed by atoms with Gasteiger partial charge in [-0.05, 0) is 18.2 Å². The molecule has 1 N–H and O–H groups in total. The quantitative estimate of drug-likeness (QED) is 0.878. The number of carbonyl (C=O) groups is 1. The molecule has 1 aromatic carbocycles. The van der Waals surface area contributed by atoms with Gasteiger partial charge in [-0.2, -0.15) is 13.2 Å². The van der Waals surface area contributed by atoms with E-state index in [1.807, 2.05) is 0 Å². The molecule has 5 nitrogen and oxygen atoms in total. The van der Waals surface area contributed by atoms with Crippen molar-refractivity contribution in [3.05, 3.63) is 41.5 Å². The van der Waals surface area contributed by atoms with Crippen molar-refractivity contribution in [1.29, 1.82) is 0 Å². The number of hydrogen-bond donors (Lipinski definition) is 1. The van der Waals surface area contributed by atoms with E-state index in [4.69, 9.17) is 5.11 Å². The highest BCUT2D eigenvalue weighted by atomic mass is 19.4. The summed E-state index contributed by atoms with van der Waals surface area (Å²) in [5, 5.41) is 15.5. The summed E-state index contributed by atoms with van der Waals surface area (Å²) in [7, 11) is 0. The third-order valence-electron chi connectivity index (χ3n) is 2.45. The lowest BCUT2D eigenvalue weighted by atomic mass is 10.2. The Labute approximate surface area is 109 Å². The Hall–Kier alpha value is -2.45. The lowest BCUT2D eigenvalue weighted by Gasteiger charge is -2.10. The van der Waals surface area contributed by atoms with Crippen molar-refractivity contribution in [2.24, 2.45) is 0 Å². The topological polar surface area (TPSA) is 68.0 Å². The van der Waals surface area contributed by atoms with Crippen molar-refractivity contribution < 1.29 is 27.5 Å². The highest BCUT2D eigenvalue weighted by Crippen LogP contribution is 2.31. The normalized spacial score (nSPS) is 11.6. The summed E-state index contributed by atoms with van der Waals surface area (Å²) >= 11 is 0. The summed E-state index contributed by atoms with van der Waals surface area (Å²) in [6, 6.07) is 1.78. The zero-order valence-electron chi connectivity index (χ0n) is 9.73. The van der Waals surface area contributed by atoms with E-state index < -0.39 is 35.6 Å². The smallest absolute Gasteiger partial charge is 0.416 e. The van der Waals surface area contributed by atoms with Gasteiger partial charge in [-0.15, -0.1) is 5.10 Å². The van der Waals surface area contributed by atoms with Gasteiger partial charge in [0.2, 0.25) is 0 Å². The van der Waals surface area contributed by atoms with E-state index >= 15 is 0 Å². The number of aromatic nitrogens is 3. The van der Waals surface area contributed by atoms with Crippen LogP contribution in [0.1, 0.15) is 11.3 Å².